The molecule has 0 saturated carbocycles. The first kappa shape index (κ1) is 18.5. The second-order valence-electron chi connectivity index (χ2n) is 4.27. The fourth-order valence-corrected chi connectivity index (χ4v) is 1.55. The summed E-state index contributed by atoms with van der Waals surface area (Å²) < 4.78 is 16.5. The molecule has 0 heterocycles. The van der Waals surface area contributed by atoms with Gasteiger partial charge in [0.1, 0.15) is 6.29 Å². The fourth-order valence-electron chi connectivity index (χ4n) is 1.55. The molecule has 0 aliphatic carbocycles. The number of rotatable bonds is 14. The van der Waals surface area contributed by atoms with Gasteiger partial charge in [-0.2, -0.15) is 0 Å². The molecule has 20 heavy (non-hydrogen) atoms. The normalized spacial score (nSPS) is 11.4. The summed E-state index contributed by atoms with van der Waals surface area (Å²) in [4.78, 5) is 10.6. The maximum absolute atomic E-state index is 10.6. The van der Waals surface area contributed by atoms with E-state index >= 15 is 0 Å². The summed E-state index contributed by atoms with van der Waals surface area (Å²) in [7, 11) is 0. The van der Waals surface area contributed by atoms with Crippen molar-refractivity contribution < 1.29 is 19.0 Å². The van der Waals surface area contributed by atoms with Gasteiger partial charge in [0.15, 0.2) is 0 Å². The van der Waals surface area contributed by atoms with E-state index in [2.05, 4.69) is 19.7 Å². The number of carbonyl (C=O) groups is 1. The highest BCUT2D eigenvalue weighted by molar-refractivity contribution is 5.64. The van der Waals surface area contributed by atoms with E-state index in [0.29, 0.717) is 39.6 Å². The second-order valence-corrected chi connectivity index (χ2v) is 4.27. The molecule has 4 heteroatoms. The third-order valence-corrected chi connectivity index (χ3v) is 2.40. The van der Waals surface area contributed by atoms with Crippen LogP contribution in [-0.2, 0) is 19.0 Å². The molecule has 0 amide bonds. The summed E-state index contributed by atoms with van der Waals surface area (Å²) in [6.07, 6.45) is 8.93. The minimum Gasteiger partial charge on any atom is -0.376 e. The lowest BCUT2D eigenvalue weighted by Crippen LogP contribution is -2.36. The summed E-state index contributed by atoms with van der Waals surface area (Å²) in [6, 6.07) is 0. The molecule has 0 aromatic heterocycles. The summed E-state index contributed by atoms with van der Waals surface area (Å²) in [5.74, 6) is 0. The highest BCUT2D eigenvalue weighted by atomic mass is 16.5. The number of allylic oxidation sites excluding steroid dienone is 1. The Morgan fingerprint density at radius 2 is 1.20 bits per heavy atom. The van der Waals surface area contributed by atoms with Crippen molar-refractivity contribution in [2.24, 2.45) is 5.41 Å². The van der Waals surface area contributed by atoms with Crippen LogP contribution >= 0.6 is 0 Å². The summed E-state index contributed by atoms with van der Waals surface area (Å²) >= 11 is 0. The summed E-state index contributed by atoms with van der Waals surface area (Å²) in [6.45, 7) is 13.2. The van der Waals surface area contributed by atoms with E-state index in [0.717, 1.165) is 6.29 Å². The Kier molecular flexibility index (Phi) is 11.6. The van der Waals surface area contributed by atoms with E-state index in [9.17, 15) is 4.79 Å². The average Bonchev–Trinajstić information content (AvgIpc) is 2.46. The zero-order valence-electron chi connectivity index (χ0n) is 12.0. The smallest absolute Gasteiger partial charge is 0.142 e. The molecule has 0 aliphatic rings. The number of hydrogen-bond donors (Lipinski definition) is 0. The largest absolute Gasteiger partial charge is 0.376 e. The van der Waals surface area contributed by atoms with E-state index in [1.807, 2.05) is 0 Å². The van der Waals surface area contributed by atoms with Crippen LogP contribution in [0.2, 0.25) is 0 Å². The number of hydrogen-bond acceptors (Lipinski definition) is 4. The number of ether oxygens (including phenoxy) is 3. The minimum absolute atomic E-state index is 0.373. The predicted octanol–water partition coefficient (Wildman–Crippen LogP) is 2.34. The van der Waals surface area contributed by atoms with Crippen molar-refractivity contribution >= 4 is 6.29 Å². The lowest BCUT2D eigenvalue weighted by Gasteiger charge is -2.29. The van der Waals surface area contributed by atoms with Gasteiger partial charge in [0.05, 0.1) is 45.1 Å². The van der Waals surface area contributed by atoms with Crippen LogP contribution in [0.4, 0.5) is 0 Å². The molecule has 0 saturated heterocycles. The molecule has 0 spiro atoms. The molecule has 0 aromatic carbocycles. The first-order valence-corrected chi connectivity index (χ1v) is 6.43. The van der Waals surface area contributed by atoms with E-state index in [1.165, 1.54) is 6.08 Å². The Balaban J connectivity index is 4.77. The van der Waals surface area contributed by atoms with Gasteiger partial charge >= 0.3 is 0 Å². The van der Waals surface area contributed by atoms with E-state index in [-0.39, 0.29) is 0 Å². The highest BCUT2D eigenvalue weighted by Gasteiger charge is 2.28. The average molecular weight is 280 g/mol. The summed E-state index contributed by atoms with van der Waals surface area (Å²) in [5.41, 5.74) is -0.518. The van der Waals surface area contributed by atoms with Gasteiger partial charge in [-0.3, -0.25) is 4.79 Å². The Morgan fingerprint density at radius 1 is 0.800 bits per heavy atom. The molecule has 0 aromatic rings. The molecule has 112 valence electrons. The maximum atomic E-state index is 10.6. The Labute approximate surface area is 121 Å². The Hall–Kier alpha value is -1.49. The van der Waals surface area contributed by atoms with Crippen LogP contribution < -0.4 is 0 Å². The molecule has 0 radical (unpaired) electrons. The minimum atomic E-state index is -0.518. The molecule has 0 aliphatic heterocycles. The Morgan fingerprint density at radius 3 is 1.50 bits per heavy atom. The van der Waals surface area contributed by atoms with Gasteiger partial charge in [-0.25, -0.2) is 0 Å². The monoisotopic (exact) mass is 280 g/mol. The lowest BCUT2D eigenvalue weighted by atomic mass is 9.90. The second kappa shape index (κ2) is 12.5. The van der Waals surface area contributed by atoms with Crippen molar-refractivity contribution in [3.63, 3.8) is 0 Å². The SMILES string of the molecule is C=CCOCC(/C=C/C=O)(COCC=C)COCC=C. The van der Waals surface area contributed by atoms with Crippen LogP contribution in [0.3, 0.4) is 0 Å². The van der Waals surface area contributed by atoms with E-state index in [1.54, 1.807) is 24.3 Å². The molecule has 0 N–H and O–H groups in total. The molecular weight excluding hydrogens is 256 g/mol. The Bertz CT molecular complexity index is 284. The van der Waals surface area contributed by atoms with E-state index < -0.39 is 5.41 Å². The first-order chi connectivity index (χ1) is 9.74. The van der Waals surface area contributed by atoms with Crippen molar-refractivity contribution in [3.8, 4) is 0 Å². The van der Waals surface area contributed by atoms with Crippen LogP contribution in [0.25, 0.3) is 0 Å². The van der Waals surface area contributed by atoms with Crippen LogP contribution in [0.1, 0.15) is 0 Å². The molecule has 0 atom stereocenters. The standard InChI is InChI=1S/C16H24O4/c1-4-10-18-13-16(8-7-9-17,14-19-11-5-2)15-20-12-6-3/h4-9H,1-3,10-15H2/b8-7+. The molecule has 0 rings (SSSR count). The number of aldehydes is 1. The van der Waals surface area contributed by atoms with Crippen LogP contribution in [0, 0.1) is 5.41 Å². The van der Waals surface area contributed by atoms with Crippen molar-refractivity contribution in [3.05, 3.63) is 50.1 Å². The van der Waals surface area contributed by atoms with Gasteiger partial charge in [0.25, 0.3) is 0 Å². The van der Waals surface area contributed by atoms with Crippen molar-refractivity contribution in [1.82, 2.24) is 0 Å². The predicted molar refractivity (Wildman–Crippen MR) is 80.7 cm³/mol. The van der Waals surface area contributed by atoms with Crippen LogP contribution in [0.15, 0.2) is 50.1 Å². The van der Waals surface area contributed by atoms with Crippen LogP contribution in [0.5, 0.6) is 0 Å². The molecule has 0 bridgehead atoms. The van der Waals surface area contributed by atoms with Gasteiger partial charge in [0.2, 0.25) is 0 Å². The maximum Gasteiger partial charge on any atom is 0.142 e. The van der Waals surface area contributed by atoms with Gasteiger partial charge < -0.3 is 14.2 Å². The third-order valence-electron chi connectivity index (χ3n) is 2.40. The van der Waals surface area contributed by atoms with Gasteiger partial charge in [0, 0.05) is 0 Å². The molecule has 0 fully saturated rings. The van der Waals surface area contributed by atoms with Crippen molar-refractivity contribution in [2.45, 2.75) is 0 Å². The quantitative estimate of drug-likeness (QED) is 0.212. The zero-order valence-corrected chi connectivity index (χ0v) is 12.0. The number of carbonyl (C=O) groups excluding carboxylic acids is 1. The molecule has 4 nitrogen and oxygen atoms in total. The van der Waals surface area contributed by atoms with Gasteiger partial charge in [-0.15, -0.1) is 19.7 Å². The van der Waals surface area contributed by atoms with E-state index in [4.69, 9.17) is 14.2 Å². The van der Waals surface area contributed by atoms with Crippen molar-refractivity contribution in [2.75, 3.05) is 39.6 Å². The van der Waals surface area contributed by atoms with Crippen molar-refractivity contribution in [1.29, 1.82) is 0 Å². The van der Waals surface area contributed by atoms with Crippen LogP contribution in [-0.4, -0.2) is 45.9 Å². The lowest BCUT2D eigenvalue weighted by molar-refractivity contribution is -0.104. The highest BCUT2D eigenvalue weighted by Crippen LogP contribution is 2.22. The zero-order chi connectivity index (χ0) is 15.1. The third kappa shape index (κ3) is 8.58. The molecule has 0 unspecified atom stereocenters. The fraction of sp³-hybridized carbons (Fsp3) is 0.438. The van der Waals surface area contributed by atoms with Gasteiger partial charge in [-0.1, -0.05) is 24.3 Å². The van der Waals surface area contributed by atoms with Gasteiger partial charge in [-0.05, 0) is 6.08 Å². The first-order valence-electron chi connectivity index (χ1n) is 6.43. The topological polar surface area (TPSA) is 44.8 Å². The summed E-state index contributed by atoms with van der Waals surface area (Å²) in [5, 5.41) is 0. The molecular formula is C16H24O4.